The van der Waals surface area contributed by atoms with Gasteiger partial charge < -0.3 is 14.4 Å². The Morgan fingerprint density at radius 3 is 2.44 bits per heavy atom. The van der Waals surface area contributed by atoms with E-state index in [1.807, 2.05) is 0 Å². The Bertz CT molecular complexity index is 1550. The zero-order chi connectivity index (χ0) is 28.8. The van der Waals surface area contributed by atoms with E-state index in [9.17, 15) is 32.3 Å². The lowest BCUT2D eigenvalue weighted by Gasteiger charge is -2.40. The molecule has 7 nitrogen and oxygen atoms in total. The third-order valence-electron chi connectivity index (χ3n) is 7.04. The Labute approximate surface area is 220 Å². The van der Waals surface area contributed by atoms with Crippen molar-refractivity contribution in [3.8, 4) is 5.75 Å². The number of nitrogens with zero attached hydrogens (tertiary/aromatic N) is 2. The molecule has 0 amide bonds. The third-order valence-corrected chi connectivity index (χ3v) is 7.04. The Balaban J connectivity index is 1.89. The molecule has 2 aromatic carbocycles. The lowest BCUT2D eigenvalue weighted by atomic mass is 9.68. The SMILES string of the molecule is CCc1noc(=O)c2ccc(C3(C(=O)C(O)(CC(C)(C)c4cc(F)ccc4OC)C(F)(F)F)C=CC=N3)cc12. The molecule has 0 radical (unpaired) electrons. The van der Waals surface area contributed by atoms with Gasteiger partial charge in [-0.1, -0.05) is 32.0 Å². The van der Waals surface area contributed by atoms with Crippen LogP contribution in [0.3, 0.4) is 0 Å². The molecule has 4 rings (SSSR count). The first kappa shape index (κ1) is 28.2. The number of rotatable bonds is 8. The van der Waals surface area contributed by atoms with E-state index in [-0.39, 0.29) is 27.6 Å². The molecule has 11 heteroatoms. The third kappa shape index (κ3) is 4.64. The summed E-state index contributed by atoms with van der Waals surface area (Å²) < 4.78 is 68.2. The maximum atomic E-state index is 14.7. The number of ketones is 1. The van der Waals surface area contributed by atoms with E-state index in [1.165, 1.54) is 51.3 Å². The van der Waals surface area contributed by atoms with Crippen molar-refractivity contribution in [2.75, 3.05) is 7.11 Å². The van der Waals surface area contributed by atoms with E-state index >= 15 is 0 Å². The number of alkyl halides is 3. The molecule has 1 aliphatic heterocycles. The minimum atomic E-state index is -5.44. The van der Waals surface area contributed by atoms with Crippen LogP contribution in [0.5, 0.6) is 5.75 Å². The van der Waals surface area contributed by atoms with Crippen LogP contribution < -0.4 is 10.4 Å². The molecule has 39 heavy (non-hydrogen) atoms. The van der Waals surface area contributed by atoms with Crippen LogP contribution in [0.4, 0.5) is 17.6 Å². The van der Waals surface area contributed by atoms with E-state index in [1.54, 1.807) is 6.92 Å². The number of halogens is 4. The number of aliphatic hydroxyl groups is 1. The van der Waals surface area contributed by atoms with Gasteiger partial charge in [0.1, 0.15) is 11.6 Å². The summed E-state index contributed by atoms with van der Waals surface area (Å²) in [5.74, 6) is -2.27. The number of aliphatic imine (C=N–C) groups is 1. The number of carbonyl (C=O) groups is 1. The summed E-state index contributed by atoms with van der Waals surface area (Å²) in [7, 11) is 1.28. The predicted octanol–water partition coefficient (Wildman–Crippen LogP) is 4.96. The maximum absolute atomic E-state index is 14.7. The highest BCUT2D eigenvalue weighted by Gasteiger charge is 2.66. The minimum absolute atomic E-state index is 0.00378. The Hall–Kier alpha value is -3.86. The summed E-state index contributed by atoms with van der Waals surface area (Å²) in [6, 6.07) is 7.34. The van der Waals surface area contributed by atoms with Gasteiger partial charge in [0.15, 0.2) is 5.54 Å². The van der Waals surface area contributed by atoms with E-state index in [2.05, 4.69) is 10.1 Å². The number of methoxy groups -OCH3 is 1. The molecule has 0 aliphatic carbocycles. The Morgan fingerprint density at radius 1 is 1.13 bits per heavy atom. The molecular formula is C28H26F4N2O5. The van der Waals surface area contributed by atoms with Gasteiger partial charge in [-0.3, -0.25) is 9.79 Å². The van der Waals surface area contributed by atoms with Gasteiger partial charge in [0.05, 0.1) is 18.2 Å². The molecule has 3 aromatic rings. The monoisotopic (exact) mass is 546 g/mol. The quantitative estimate of drug-likeness (QED) is 0.401. The zero-order valence-electron chi connectivity index (χ0n) is 21.6. The van der Waals surface area contributed by atoms with Crippen LogP contribution >= 0.6 is 0 Å². The molecule has 0 spiro atoms. The first-order valence-corrected chi connectivity index (χ1v) is 12.0. The Morgan fingerprint density at radius 2 is 1.85 bits per heavy atom. The molecule has 0 fully saturated rings. The maximum Gasteiger partial charge on any atom is 0.424 e. The summed E-state index contributed by atoms with van der Waals surface area (Å²) in [6.07, 6.45) is -2.63. The molecule has 0 saturated carbocycles. The molecule has 206 valence electrons. The molecule has 1 N–H and O–H groups in total. The first-order valence-electron chi connectivity index (χ1n) is 12.0. The number of hydrogen-bond acceptors (Lipinski definition) is 7. The lowest BCUT2D eigenvalue weighted by Crippen LogP contribution is -2.60. The van der Waals surface area contributed by atoms with Crippen molar-refractivity contribution in [3.05, 3.63) is 81.6 Å². The van der Waals surface area contributed by atoms with Crippen LogP contribution in [-0.2, 0) is 22.2 Å². The van der Waals surface area contributed by atoms with Gasteiger partial charge in [-0.15, -0.1) is 0 Å². The summed E-state index contributed by atoms with van der Waals surface area (Å²) >= 11 is 0. The molecule has 2 unspecified atom stereocenters. The van der Waals surface area contributed by atoms with Crippen molar-refractivity contribution in [2.24, 2.45) is 4.99 Å². The molecule has 1 aromatic heterocycles. The zero-order valence-corrected chi connectivity index (χ0v) is 21.6. The Kier molecular flexibility index (Phi) is 7.01. The lowest BCUT2D eigenvalue weighted by molar-refractivity contribution is -0.258. The van der Waals surface area contributed by atoms with Crippen molar-refractivity contribution in [1.82, 2.24) is 5.16 Å². The fraction of sp³-hybridized carbons (Fsp3) is 0.357. The van der Waals surface area contributed by atoms with Crippen LogP contribution in [0.1, 0.15) is 44.0 Å². The molecular weight excluding hydrogens is 520 g/mol. The summed E-state index contributed by atoms with van der Waals surface area (Å²) in [5.41, 5.74) is -8.14. The van der Waals surface area contributed by atoms with Crippen LogP contribution in [0.15, 0.2) is 62.9 Å². The number of carbonyl (C=O) groups excluding carboxylic acids is 1. The highest BCUT2D eigenvalue weighted by molar-refractivity contribution is 6.03. The second-order valence-electron chi connectivity index (χ2n) is 10.0. The molecule has 0 saturated heterocycles. The van der Waals surface area contributed by atoms with Crippen LogP contribution in [0.25, 0.3) is 10.8 Å². The average molecular weight is 547 g/mol. The van der Waals surface area contributed by atoms with E-state index < -0.39 is 46.4 Å². The second-order valence-corrected chi connectivity index (χ2v) is 10.0. The fourth-order valence-electron chi connectivity index (χ4n) is 5.04. The van der Waals surface area contributed by atoms with Crippen LogP contribution in [0, 0.1) is 5.82 Å². The number of ether oxygens (including phenoxy) is 1. The van der Waals surface area contributed by atoms with Gasteiger partial charge in [-0.05, 0) is 59.9 Å². The number of hydrogen-bond donors (Lipinski definition) is 1. The molecule has 2 heterocycles. The predicted molar refractivity (Wildman–Crippen MR) is 136 cm³/mol. The summed E-state index contributed by atoms with van der Waals surface area (Å²) in [5, 5.41) is 15.5. The van der Waals surface area contributed by atoms with Crippen molar-refractivity contribution in [3.63, 3.8) is 0 Å². The van der Waals surface area contributed by atoms with Crippen molar-refractivity contribution in [2.45, 2.75) is 56.3 Å². The summed E-state index contributed by atoms with van der Waals surface area (Å²) in [6.45, 7) is 4.45. The number of Topliss-reactive ketones (excluding diaryl/α,β-unsaturated/α-hetero) is 1. The van der Waals surface area contributed by atoms with Gasteiger partial charge in [0.25, 0.3) is 0 Å². The van der Waals surface area contributed by atoms with Gasteiger partial charge in [-0.25, -0.2) is 9.18 Å². The van der Waals surface area contributed by atoms with Gasteiger partial charge in [-0.2, -0.15) is 13.2 Å². The summed E-state index contributed by atoms with van der Waals surface area (Å²) in [4.78, 5) is 30.3. The highest BCUT2D eigenvalue weighted by Crippen LogP contribution is 2.48. The van der Waals surface area contributed by atoms with Gasteiger partial charge in [0, 0.05) is 23.6 Å². The first-order chi connectivity index (χ1) is 18.2. The van der Waals surface area contributed by atoms with Gasteiger partial charge in [0.2, 0.25) is 11.4 Å². The largest absolute Gasteiger partial charge is 0.496 e. The van der Waals surface area contributed by atoms with Crippen LogP contribution in [0.2, 0.25) is 0 Å². The fourth-order valence-corrected chi connectivity index (χ4v) is 5.04. The molecule has 1 aliphatic rings. The van der Waals surface area contributed by atoms with Crippen LogP contribution in [-0.4, -0.2) is 41.1 Å². The normalized spacial score (nSPS) is 18.9. The average Bonchev–Trinajstić information content (AvgIpc) is 3.38. The topological polar surface area (TPSA) is 102 Å². The minimum Gasteiger partial charge on any atom is -0.496 e. The number of aromatic nitrogens is 1. The number of benzene rings is 2. The van der Waals surface area contributed by atoms with E-state index in [0.717, 1.165) is 24.4 Å². The number of fused-ring (bicyclic) bond motifs is 1. The second kappa shape index (κ2) is 9.71. The number of allylic oxidation sites excluding steroid dienone is 1. The van der Waals surface area contributed by atoms with Crippen molar-refractivity contribution < 1.29 is 36.7 Å². The standard InChI is InChI=1S/C28H26F4N2O5/c1-5-21-19-13-16(7-9-18(19)23(35)39-34-21)26(11-6-12-33-26)24(36)27(37,28(30,31)32)15-25(2,3)20-14-17(29)8-10-22(20)38-4/h6-14,37H,5,15H2,1-4H3. The highest BCUT2D eigenvalue weighted by atomic mass is 19.4. The van der Waals surface area contributed by atoms with Crippen molar-refractivity contribution >= 4 is 22.8 Å². The molecule has 0 bridgehead atoms. The van der Waals surface area contributed by atoms with Gasteiger partial charge >= 0.3 is 11.8 Å². The number of aryl methyl sites for hydroxylation is 1. The van der Waals surface area contributed by atoms with E-state index in [0.29, 0.717) is 12.1 Å². The van der Waals surface area contributed by atoms with Crippen molar-refractivity contribution in [1.29, 1.82) is 0 Å². The van der Waals surface area contributed by atoms with E-state index in [4.69, 9.17) is 9.26 Å². The molecule has 2 atom stereocenters. The smallest absolute Gasteiger partial charge is 0.424 e.